The fourth-order valence-electron chi connectivity index (χ4n) is 4.66. The van der Waals surface area contributed by atoms with E-state index in [1.807, 2.05) is 0 Å². The van der Waals surface area contributed by atoms with Crippen LogP contribution < -0.4 is 10.6 Å². The van der Waals surface area contributed by atoms with Gasteiger partial charge in [-0.05, 0) is 49.7 Å². The fraction of sp³-hybridized carbons (Fsp3) is 0.500. The number of esters is 2. The van der Waals surface area contributed by atoms with Crippen LogP contribution >= 0.6 is 22.7 Å². The molecule has 2 aliphatic carbocycles. The second kappa shape index (κ2) is 10.8. The van der Waals surface area contributed by atoms with E-state index in [-0.39, 0.29) is 24.0 Å². The number of hydrogen-bond acceptors (Lipinski definition) is 8. The van der Waals surface area contributed by atoms with Crippen LogP contribution in [0, 0.1) is 0 Å². The smallest absolute Gasteiger partial charge is 0.393 e. The van der Waals surface area contributed by atoms with Crippen molar-refractivity contribution in [1.29, 1.82) is 0 Å². The quantitative estimate of drug-likeness (QED) is 0.276. The Hall–Kier alpha value is -3.28. The molecule has 4 rings (SSSR count). The summed E-state index contributed by atoms with van der Waals surface area (Å²) in [5.74, 6) is -35.9. The molecule has 0 saturated carbocycles. The van der Waals surface area contributed by atoms with Gasteiger partial charge in [-0.25, -0.2) is 9.59 Å². The molecule has 0 aromatic carbocycles. The lowest BCUT2D eigenvalue weighted by Gasteiger charge is -2.35. The first kappa shape index (κ1) is 31.7. The minimum absolute atomic E-state index is 0.239. The van der Waals surface area contributed by atoms with Crippen LogP contribution in [-0.4, -0.2) is 61.7 Å². The highest BCUT2D eigenvalue weighted by molar-refractivity contribution is 7.17. The van der Waals surface area contributed by atoms with Crippen LogP contribution in [0.4, 0.5) is 45.1 Å². The molecule has 0 spiro atoms. The Labute approximate surface area is 239 Å². The van der Waals surface area contributed by atoms with Crippen LogP contribution in [0.15, 0.2) is 0 Å². The van der Waals surface area contributed by atoms with Crippen molar-refractivity contribution in [2.75, 3.05) is 24.9 Å². The molecule has 2 aromatic rings. The topological polar surface area (TPSA) is 111 Å². The molecule has 2 heterocycles. The molecule has 0 aliphatic heterocycles. The lowest BCUT2D eigenvalue weighted by molar-refractivity contribution is -0.345. The van der Waals surface area contributed by atoms with Gasteiger partial charge in [0, 0.05) is 9.75 Å². The van der Waals surface area contributed by atoms with Crippen molar-refractivity contribution in [1.82, 2.24) is 0 Å². The summed E-state index contributed by atoms with van der Waals surface area (Å²) >= 11 is 1.07. The number of nitrogens with one attached hydrogen (secondary N) is 2. The second-order valence-electron chi connectivity index (χ2n) is 9.31. The zero-order valence-electron chi connectivity index (χ0n) is 21.5. The van der Waals surface area contributed by atoms with Gasteiger partial charge in [0.05, 0.1) is 25.3 Å². The molecular weight excluding hydrogens is 628 g/mol. The number of ether oxygens (including phenoxy) is 2. The highest BCUT2D eigenvalue weighted by Crippen LogP contribution is 2.54. The Balaban J connectivity index is 1.61. The van der Waals surface area contributed by atoms with Crippen molar-refractivity contribution in [2.45, 2.75) is 62.2 Å². The first-order valence-electron chi connectivity index (χ1n) is 12.0. The van der Waals surface area contributed by atoms with Crippen molar-refractivity contribution in [2.24, 2.45) is 0 Å². The molecule has 8 nitrogen and oxygen atoms in total. The predicted molar refractivity (Wildman–Crippen MR) is 132 cm³/mol. The maximum atomic E-state index is 14.7. The molecule has 2 amide bonds. The summed E-state index contributed by atoms with van der Waals surface area (Å²) in [7, 11) is 1.81. The van der Waals surface area contributed by atoms with Gasteiger partial charge in [-0.15, -0.1) is 22.7 Å². The van der Waals surface area contributed by atoms with Gasteiger partial charge in [0.1, 0.15) is 10.0 Å². The first-order valence-corrected chi connectivity index (χ1v) is 13.7. The standard InChI is InChI=1S/C24H20F8N2O6S2/c1-39-17(35)13-9-5-3-7-11(9)41-15(13)33-19(37)21(25,26)23(29,30)24(31,32)22(27,28)20(38)34-16-14(18(36)40-2)10-6-4-8-12(10)42-16/h3-8H2,1-2H3,(H,33,37)(H,34,38). The third-order valence-corrected chi connectivity index (χ3v) is 9.24. The monoisotopic (exact) mass is 648 g/mol. The van der Waals surface area contributed by atoms with Crippen LogP contribution in [0.5, 0.6) is 0 Å². The van der Waals surface area contributed by atoms with Gasteiger partial charge >= 0.3 is 47.4 Å². The maximum absolute atomic E-state index is 14.7. The molecule has 2 aliphatic rings. The first-order chi connectivity index (χ1) is 19.4. The molecule has 18 heteroatoms. The van der Waals surface area contributed by atoms with E-state index in [1.54, 1.807) is 0 Å². The minimum atomic E-state index is -7.14. The summed E-state index contributed by atoms with van der Waals surface area (Å²) in [4.78, 5) is 49.6. The highest BCUT2D eigenvalue weighted by atomic mass is 32.1. The number of rotatable bonds is 9. The average molecular weight is 649 g/mol. The molecule has 0 saturated heterocycles. The average Bonchev–Trinajstić information content (AvgIpc) is 3.69. The lowest BCUT2D eigenvalue weighted by atomic mass is 9.97. The predicted octanol–water partition coefficient (Wildman–Crippen LogP) is 5.48. The molecule has 0 bridgehead atoms. The number of thiophene rings is 2. The van der Waals surface area contributed by atoms with Gasteiger partial charge in [-0.1, -0.05) is 0 Å². The lowest BCUT2D eigenvalue weighted by Crippen LogP contribution is -2.67. The number of carbonyl (C=O) groups excluding carboxylic acids is 4. The number of fused-ring (bicyclic) bond motifs is 2. The van der Waals surface area contributed by atoms with Crippen LogP contribution in [-0.2, 0) is 44.7 Å². The number of methoxy groups -OCH3 is 2. The zero-order chi connectivity index (χ0) is 31.4. The van der Waals surface area contributed by atoms with Gasteiger partial charge in [0.25, 0.3) is 0 Å². The van der Waals surface area contributed by atoms with Crippen molar-refractivity contribution < 1.29 is 63.8 Å². The number of halogens is 8. The van der Waals surface area contributed by atoms with Gasteiger partial charge in [-0.3, -0.25) is 9.59 Å². The molecule has 2 N–H and O–H groups in total. The van der Waals surface area contributed by atoms with E-state index in [4.69, 9.17) is 0 Å². The number of anilines is 2. The van der Waals surface area contributed by atoms with E-state index in [2.05, 4.69) is 9.47 Å². The largest absolute Gasteiger partial charge is 0.465 e. The number of alkyl halides is 8. The molecule has 2 aromatic heterocycles. The summed E-state index contributed by atoms with van der Waals surface area (Å²) in [6, 6.07) is 0. The third-order valence-electron chi connectivity index (χ3n) is 6.83. The second-order valence-corrected chi connectivity index (χ2v) is 11.5. The van der Waals surface area contributed by atoms with E-state index in [9.17, 15) is 54.3 Å². The number of carbonyl (C=O) groups is 4. The van der Waals surface area contributed by atoms with Gasteiger partial charge in [0.2, 0.25) is 0 Å². The van der Waals surface area contributed by atoms with Crippen LogP contribution in [0.3, 0.4) is 0 Å². The van der Waals surface area contributed by atoms with E-state index < -0.39 is 68.6 Å². The van der Waals surface area contributed by atoms with Crippen molar-refractivity contribution in [3.05, 3.63) is 32.0 Å². The number of amides is 2. The maximum Gasteiger partial charge on any atom is 0.393 e. The van der Waals surface area contributed by atoms with E-state index >= 15 is 0 Å². The van der Waals surface area contributed by atoms with Gasteiger partial charge in [-0.2, -0.15) is 35.1 Å². The number of aryl methyl sites for hydroxylation is 2. The van der Waals surface area contributed by atoms with Crippen LogP contribution in [0.1, 0.15) is 54.4 Å². The van der Waals surface area contributed by atoms with Gasteiger partial charge in [0.15, 0.2) is 0 Å². The van der Waals surface area contributed by atoms with Crippen LogP contribution in [0.25, 0.3) is 0 Å². The summed E-state index contributed by atoms with van der Waals surface area (Å²) in [6.45, 7) is 0. The summed E-state index contributed by atoms with van der Waals surface area (Å²) in [5.41, 5.74) is -0.361. The molecule has 42 heavy (non-hydrogen) atoms. The van der Waals surface area contributed by atoms with Crippen molar-refractivity contribution in [3.63, 3.8) is 0 Å². The highest BCUT2D eigenvalue weighted by Gasteiger charge is 2.84. The van der Waals surface area contributed by atoms with Crippen LogP contribution in [0.2, 0.25) is 0 Å². The summed E-state index contributed by atoms with van der Waals surface area (Å²) < 4.78 is 126. The van der Waals surface area contributed by atoms with Crippen molar-refractivity contribution >= 4 is 56.4 Å². The Kier molecular flexibility index (Phi) is 8.12. The van der Waals surface area contributed by atoms with E-state index in [1.165, 1.54) is 10.6 Å². The molecular formula is C24H20F8N2O6S2. The Bertz CT molecular complexity index is 1360. The van der Waals surface area contributed by atoms with E-state index in [0.29, 0.717) is 58.1 Å². The van der Waals surface area contributed by atoms with Gasteiger partial charge < -0.3 is 20.1 Å². The Morgan fingerprint density at radius 1 is 0.619 bits per heavy atom. The molecule has 0 fully saturated rings. The molecule has 0 atom stereocenters. The number of hydrogen-bond donors (Lipinski definition) is 2. The minimum Gasteiger partial charge on any atom is -0.465 e. The Morgan fingerprint density at radius 2 is 0.952 bits per heavy atom. The normalized spacial score (nSPS) is 15.2. The third kappa shape index (κ3) is 4.71. The zero-order valence-corrected chi connectivity index (χ0v) is 23.2. The molecule has 0 unspecified atom stereocenters. The summed E-state index contributed by atoms with van der Waals surface area (Å²) in [6.07, 6.45) is 2.21. The molecule has 230 valence electrons. The molecule has 0 radical (unpaired) electrons. The van der Waals surface area contributed by atoms with E-state index in [0.717, 1.165) is 14.2 Å². The van der Waals surface area contributed by atoms with Crippen molar-refractivity contribution in [3.8, 4) is 0 Å². The fourth-order valence-corrected chi connectivity index (χ4v) is 7.21. The SMILES string of the molecule is COC(=O)c1c(NC(=O)C(F)(F)C(F)(F)C(F)(F)C(F)(F)C(=O)Nc2sc3c(c2C(=O)OC)CCC3)sc2c1CCC2. The Morgan fingerprint density at radius 3 is 1.26 bits per heavy atom. The summed E-state index contributed by atoms with van der Waals surface area (Å²) in [5, 5.41) is 1.08.